The maximum Gasteiger partial charge on any atom is 0.336 e. The zero-order valence-corrected chi connectivity index (χ0v) is 12.0. The van der Waals surface area contributed by atoms with Gasteiger partial charge in [0.2, 0.25) is 11.8 Å². The van der Waals surface area contributed by atoms with Crippen LogP contribution in [0.3, 0.4) is 0 Å². The van der Waals surface area contributed by atoms with Gasteiger partial charge in [-0.1, -0.05) is 30.3 Å². The van der Waals surface area contributed by atoms with Crippen molar-refractivity contribution < 1.29 is 24.3 Å². The number of rotatable bonds is 2. The smallest absolute Gasteiger partial charge is 0.336 e. The molecule has 0 spiro atoms. The first-order valence-electron chi connectivity index (χ1n) is 6.78. The molecule has 1 saturated heterocycles. The SMILES string of the molecule is CC1(c2cccc3cccc(C(=O)O)c23)C(=O)NC(=O)NC1=O. The first kappa shape index (κ1) is 14.7. The van der Waals surface area contributed by atoms with Crippen LogP contribution in [0.1, 0.15) is 22.8 Å². The number of carboxylic acids is 1. The van der Waals surface area contributed by atoms with Crippen molar-refractivity contribution in [3.63, 3.8) is 0 Å². The minimum Gasteiger partial charge on any atom is -0.478 e. The van der Waals surface area contributed by atoms with Crippen LogP contribution in [0.25, 0.3) is 10.8 Å². The number of barbiturate groups is 1. The van der Waals surface area contributed by atoms with Crippen molar-refractivity contribution in [3.05, 3.63) is 47.5 Å². The molecule has 2 aromatic rings. The number of carboxylic acid groups (broad SMARTS) is 1. The van der Waals surface area contributed by atoms with Gasteiger partial charge in [0, 0.05) is 5.39 Å². The highest BCUT2D eigenvalue weighted by atomic mass is 16.4. The number of carbonyl (C=O) groups is 4. The molecule has 1 fully saturated rings. The Balaban J connectivity index is 2.36. The van der Waals surface area contributed by atoms with E-state index in [4.69, 9.17) is 0 Å². The Morgan fingerprint density at radius 3 is 2.13 bits per heavy atom. The van der Waals surface area contributed by atoms with E-state index in [0.29, 0.717) is 10.8 Å². The van der Waals surface area contributed by atoms with Gasteiger partial charge in [-0.3, -0.25) is 20.2 Å². The first-order valence-corrected chi connectivity index (χ1v) is 6.78. The fourth-order valence-electron chi connectivity index (χ4n) is 2.77. The van der Waals surface area contributed by atoms with Crippen molar-refractivity contribution in [3.8, 4) is 0 Å². The average Bonchev–Trinajstić information content (AvgIpc) is 2.51. The van der Waals surface area contributed by atoms with E-state index >= 15 is 0 Å². The first-order chi connectivity index (χ1) is 10.9. The second kappa shape index (κ2) is 4.91. The summed E-state index contributed by atoms with van der Waals surface area (Å²) in [5, 5.41) is 14.4. The van der Waals surface area contributed by atoms with Crippen LogP contribution in [0, 0.1) is 0 Å². The lowest BCUT2D eigenvalue weighted by atomic mass is 9.76. The topological polar surface area (TPSA) is 113 Å². The normalized spacial score (nSPS) is 16.8. The lowest BCUT2D eigenvalue weighted by Gasteiger charge is -2.32. The number of hydrogen-bond donors (Lipinski definition) is 3. The predicted molar refractivity (Wildman–Crippen MR) is 79.9 cm³/mol. The molecular formula is C16H12N2O5. The van der Waals surface area contributed by atoms with Gasteiger partial charge >= 0.3 is 12.0 Å². The van der Waals surface area contributed by atoms with Crippen molar-refractivity contribution in [1.82, 2.24) is 10.6 Å². The third-order valence-corrected chi connectivity index (χ3v) is 4.04. The number of amides is 4. The molecule has 1 aliphatic rings. The molecule has 4 amide bonds. The third kappa shape index (κ3) is 2.05. The van der Waals surface area contributed by atoms with Gasteiger partial charge in [0.1, 0.15) is 0 Å². The molecule has 0 atom stereocenters. The van der Waals surface area contributed by atoms with Crippen LogP contribution in [0.5, 0.6) is 0 Å². The van der Waals surface area contributed by atoms with Gasteiger partial charge < -0.3 is 5.11 Å². The van der Waals surface area contributed by atoms with Crippen molar-refractivity contribution >= 4 is 34.6 Å². The molecule has 0 aliphatic carbocycles. The van der Waals surface area contributed by atoms with Crippen molar-refractivity contribution in [2.24, 2.45) is 0 Å². The van der Waals surface area contributed by atoms with Crippen LogP contribution < -0.4 is 10.6 Å². The molecule has 7 heteroatoms. The summed E-state index contributed by atoms with van der Waals surface area (Å²) >= 11 is 0. The van der Waals surface area contributed by atoms with Gasteiger partial charge in [-0.05, 0) is 23.9 Å². The molecule has 2 aromatic carbocycles. The molecule has 0 saturated carbocycles. The zero-order valence-electron chi connectivity index (χ0n) is 12.0. The Labute approximate surface area is 130 Å². The van der Waals surface area contributed by atoms with Crippen molar-refractivity contribution in [2.45, 2.75) is 12.3 Å². The van der Waals surface area contributed by atoms with E-state index in [1.54, 1.807) is 24.3 Å². The number of hydrogen-bond acceptors (Lipinski definition) is 4. The highest BCUT2D eigenvalue weighted by Crippen LogP contribution is 2.34. The summed E-state index contributed by atoms with van der Waals surface area (Å²) in [5.41, 5.74) is -1.49. The largest absolute Gasteiger partial charge is 0.478 e. The Kier molecular flexibility index (Phi) is 3.14. The second-order valence-electron chi connectivity index (χ2n) is 5.38. The monoisotopic (exact) mass is 312 g/mol. The number of carbonyl (C=O) groups excluding carboxylic acids is 3. The van der Waals surface area contributed by atoms with E-state index < -0.39 is 29.2 Å². The fraction of sp³-hybridized carbons (Fsp3) is 0.125. The van der Waals surface area contributed by atoms with Gasteiger partial charge in [-0.2, -0.15) is 0 Å². The predicted octanol–water partition coefficient (Wildman–Crippen LogP) is 1.16. The van der Waals surface area contributed by atoms with Crippen molar-refractivity contribution in [2.75, 3.05) is 0 Å². The Hall–Kier alpha value is -3.22. The van der Waals surface area contributed by atoms with Crippen molar-refractivity contribution in [1.29, 1.82) is 0 Å². The molecule has 7 nitrogen and oxygen atoms in total. The maximum atomic E-state index is 12.3. The standard InChI is InChI=1S/C16H12N2O5/c1-16(13(21)17-15(23)18-14(16)22)10-7-3-5-8-4-2-6-9(11(8)10)12(19)20/h2-7H,1H3,(H,19,20)(H2,17,18,21,22,23). The van der Waals surface area contributed by atoms with E-state index in [0.717, 1.165) is 0 Å². The lowest BCUT2D eigenvalue weighted by Crippen LogP contribution is -2.63. The Morgan fingerprint density at radius 2 is 1.57 bits per heavy atom. The molecule has 1 heterocycles. The van der Waals surface area contributed by atoms with E-state index in [-0.39, 0.29) is 11.1 Å². The van der Waals surface area contributed by atoms with E-state index in [2.05, 4.69) is 10.6 Å². The highest BCUT2D eigenvalue weighted by Gasteiger charge is 2.48. The molecule has 3 N–H and O–H groups in total. The molecule has 116 valence electrons. The van der Waals surface area contributed by atoms with Gasteiger partial charge in [0.05, 0.1) is 5.56 Å². The molecule has 23 heavy (non-hydrogen) atoms. The van der Waals surface area contributed by atoms with E-state index in [1.165, 1.54) is 19.1 Å². The summed E-state index contributed by atoms with van der Waals surface area (Å²) in [5.74, 6) is -2.75. The molecular weight excluding hydrogens is 300 g/mol. The summed E-state index contributed by atoms with van der Waals surface area (Å²) in [6.07, 6.45) is 0. The summed E-state index contributed by atoms with van der Waals surface area (Å²) < 4.78 is 0. The van der Waals surface area contributed by atoms with Crippen LogP contribution in [0.15, 0.2) is 36.4 Å². The quantitative estimate of drug-likeness (QED) is 0.720. The van der Waals surface area contributed by atoms with Crippen LogP contribution in [-0.4, -0.2) is 28.9 Å². The summed E-state index contributed by atoms with van der Waals surface area (Å²) in [6, 6.07) is 8.63. The minimum atomic E-state index is -1.71. The number of fused-ring (bicyclic) bond motifs is 1. The Morgan fingerprint density at radius 1 is 1.00 bits per heavy atom. The number of aromatic carboxylic acids is 1. The number of benzene rings is 2. The van der Waals surface area contributed by atoms with E-state index in [9.17, 15) is 24.3 Å². The van der Waals surface area contributed by atoms with Gasteiger partial charge in [0.15, 0.2) is 5.41 Å². The molecule has 1 aliphatic heterocycles. The van der Waals surface area contributed by atoms with Crippen LogP contribution in [0.2, 0.25) is 0 Å². The minimum absolute atomic E-state index is 0.0168. The number of nitrogens with one attached hydrogen (secondary N) is 2. The van der Waals surface area contributed by atoms with Gasteiger partial charge in [-0.15, -0.1) is 0 Å². The fourth-order valence-corrected chi connectivity index (χ4v) is 2.77. The van der Waals surface area contributed by atoms with Crippen LogP contribution in [-0.2, 0) is 15.0 Å². The van der Waals surface area contributed by atoms with E-state index in [1.807, 2.05) is 0 Å². The lowest BCUT2D eigenvalue weighted by molar-refractivity contribution is -0.137. The summed E-state index contributed by atoms with van der Waals surface area (Å²) in [7, 11) is 0. The maximum absolute atomic E-state index is 12.3. The molecule has 3 rings (SSSR count). The second-order valence-corrected chi connectivity index (χ2v) is 5.38. The Bertz CT molecular complexity index is 862. The van der Waals surface area contributed by atoms with Crippen LogP contribution >= 0.6 is 0 Å². The van der Waals surface area contributed by atoms with Gasteiger partial charge in [0.25, 0.3) is 0 Å². The van der Waals surface area contributed by atoms with Gasteiger partial charge in [-0.25, -0.2) is 9.59 Å². The number of urea groups is 1. The summed E-state index contributed by atoms with van der Waals surface area (Å²) in [6.45, 7) is 1.36. The highest BCUT2D eigenvalue weighted by molar-refractivity contribution is 6.24. The average molecular weight is 312 g/mol. The molecule has 0 aromatic heterocycles. The zero-order chi connectivity index (χ0) is 16.8. The molecule has 0 bridgehead atoms. The third-order valence-electron chi connectivity index (χ3n) is 4.04. The summed E-state index contributed by atoms with van der Waals surface area (Å²) in [4.78, 5) is 47.4. The van der Waals surface area contributed by atoms with Crippen LogP contribution in [0.4, 0.5) is 4.79 Å². The number of imide groups is 2. The molecule has 0 radical (unpaired) electrons. The molecule has 0 unspecified atom stereocenters.